The predicted octanol–water partition coefficient (Wildman–Crippen LogP) is 22.4. The van der Waals surface area contributed by atoms with Crippen molar-refractivity contribution in [1.82, 2.24) is 5.32 Å². The van der Waals surface area contributed by atoms with Crippen molar-refractivity contribution in [2.24, 2.45) is 0 Å². The highest BCUT2D eigenvalue weighted by Crippen LogP contribution is 2.19. The molecular formula is C70H137NO5. The first kappa shape index (κ1) is 74.6. The molecule has 0 saturated heterocycles. The van der Waals surface area contributed by atoms with Gasteiger partial charge in [0, 0.05) is 12.8 Å². The summed E-state index contributed by atoms with van der Waals surface area (Å²) in [5.74, 6) is -0.0581. The van der Waals surface area contributed by atoms with E-state index in [1.807, 2.05) is 6.08 Å². The number of allylic oxidation sites excluding steroid dienone is 1. The van der Waals surface area contributed by atoms with E-state index in [2.05, 4.69) is 19.2 Å². The van der Waals surface area contributed by atoms with Gasteiger partial charge in [0.25, 0.3) is 0 Å². The molecule has 0 spiro atoms. The van der Waals surface area contributed by atoms with Crippen LogP contribution >= 0.6 is 0 Å². The maximum atomic E-state index is 12.5. The summed E-state index contributed by atoms with van der Waals surface area (Å²) in [6, 6.07) is -0.633. The first-order valence-corrected chi connectivity index (χ1v) is 35.0. The van der Waals surface area contributed by atoms with Gasteiger partial charge in [-0.2, -0.15) is 0 Å². The normalized spacial score (nSPS) is 12.5. The van der Waals surface area contributed by atoms with Gasteiger partial charge >= 0.3 is 5.97 Å². The second-order valence-corrected chi connectivity index (χ2v) is 24.2. The number of rotatable bonds is 66. The molecule has 0 fully saturated rings. The minimum Gasteiger partial charge on any atom is -0.466 e. The highest BCUT2D eigenvalue weighted by molar-refractivity contribution is 5.76. The summed E-state index contributed by atoms with van der Waals surface area (Å²) < 4.78 is 5.50. The largest absolute Gasteiger partial charge is 0.466 e. The molecule has 0 heterocycles. The number of unbranched alkanes of at least 4 members (excludes halogenated alkanes) is 55. The minimum absolute atomic E-state index is 0.00983. The van der Waals surface area contributed by atoms with E-state index in [1.165, 1.54) is 334 Å². The molecule has 6 heteroatoms. The van der Waals surface area contributed by atoms with Crippen LogP contribution in [0.25, 0.3) is 0 Å². The lowest BCUT2D eigenvalue weighted by Gasteiger charge is -2.20. The topological polar surface area (TPSA) is 95.9 Å². The van der Waals surface area contributed by atoms with E-state index < -0.39 is 12.1 Å². The third kappa shape index (κ3) is 61.8. The second kappa shape index (κ2) is 66.1. The molecule has 2 unspecified atom stereocenters. The molecule has 0 aromatic rings. The van der Waals surface area contributed by atoms with Crippen LogP contribution in [-0.4, -0.2) is 47.4 Å². The Balaban J connectivity index is 3.42. The summed E-state index contributed by atoms with van der Waals surface area (Å²) in [5, 5.41) is 23.3. The number of carbonyl (C=O) groups is 2. The van der Waals surface area contributed by atoms with Crippen molar-refractivity contribution in [1.29, 1.82) is 0 Å². The number of esters is 1. The van der Waals surface area contributed by atoms with E-state index in [0.717, 1.165) is 38.5 Å². The molecule has 6 nitrogen and oxygen atoms in total. The van der Waals surface area contributed by atoms with Crippen LogP contribution in [-0.2, 0) is 14.3 Å². The van der Waals surface area contributed by atoms with Gasteiger partial charge in [0.15, 0.2) is 0 Å². The molecule has 452 valence electrons. The number of aliphatic hydroxyl groups is 2. The lowest BCUT2D eigenvalue weighted by molar-refractivity contribution is -0.143. The Hall–Kier alpha value is -1.40. The number of aliphatic hydroxyl groups excluding tert-OH is 2. The van der Waals surface area contributed by atoms with Crippen LogP contribution in [0.2, 0.25) is 0 Å². The fraction of sp³-hybridized carbons (Fsp3) is 0.943. The smallest absolute Gasteiger partial charge is 0.305 e. The molecule has 0 aliphatic carbocycles. The molecule has 0 saturated carbocycles. The van der Waals surface area contributed by atoms with Crippen molar-refractivity contribution in [2.45, 2.75) is 411 Å². The molecule has 0 radical (unpaired) electrons. The Morgan fingerprint density at radius 1 is 0.355 bits per heavy atom. The van der Waals surface area contributed by atoms with Gasteiger partial charge in [0.1, 0.15) is 0 Å². The summed E-state index contributed by atoms with van der Waals surface area (Å²) in [6.07, 6.45) is 81.3. The predicted molar refractivity (Wildman–Crippen MR) is 333 cm³/mol. The van der Waals surface area contributed by atoms with Crippen molar-refractivity contribution in [2.75, 3.05) is 13.2 Å². The first-order chi connectivity index (χ1) is 37.5. The van der Waals surface area contributed by atoms with Crippen LogP contribution < -0.4 is 5.32 Å². The Morgan fingerprint density at radius 3 is 0.895 bits per heavy atom. The molecule has 76 heavy (non-hydrogen) atoms. The molecule has 0 aromatic heterocycles. The monoisotopic (exact) mass is 1070 g/mol. The van der Waals surface area contributed by atoms with Gasteiger partial charge in [-0.1, -0.05) is 366 Å². The number of nitrogens with one attached hydrogen (secondary N) is 1. The lowest BCUT2D eigenvalue weighted by atomic mass is 10.0. The Labute approximate surface area is 476 Å². The Morgan fingerprint density at radius 2 is 0.605 bits per heavy atom. The maximum Gasteiger partial charge on any atom is 0.305 e. The van der Waals surface area contributed by atoms with Crippen molar-refractivity contribution in [3.8, 4) is 0 Å². The zero-order valence-electron chi connectivity index (χ0n) is 51.8. The third-order valence-corrected chi connectivity index (χ3v) is 16.6. The molecular weight excluding hydrogens is 935 g/mol. The zero-order valence-corrected chi connectivity index (χ0v) is 51.8. The Bertz CT molecular complexity index is 1140. The molecule has 1 amide bonds. The fourth-order valence-corrected chi connectivity index (χ4v) is 11.2. The highest BCUT2D eigenvalue weighted by atomic mass is 16.5. The average Bonchev–Trinajstić information content (AvgIpc) is 3.42. The first-order valence-electron chi connectivity index (χ1n) is 35.0. The van der Waals surface area contributed by atoms with Gasteiger partial charge in [0.2, 0.25) is 5.91 Å². The summed E-state index contributed by atoms with van der Waals surface area (Å²) in [5.41, 5.74) is 0. The van der Waals surface area contributed by atoms with Gasteiger partial charge in [-0.3, -0.25) is 9.59 Å². The zero-order chi connectivity index (χ0) is 55.0. The number of hydrogen-bond acceptors (Lipinski definition) is 5. The molecule has 0 aliphatic rings. The second-order valence-electron chi connectivity index (χ2n) is 24.2. The van der Waals surface area contributed by atoms with E-state index in [0.29, 0.717) is 19.4 Å². The number of hydrogen-bond donors (Lipinski definition) is 3. The summed E-state index contributed by atoms with van der Waals surface area (Å²) in [4.78, 5) is 24.6. The fourth-order valence-electron chi connectivity index (χ4n) is 11.2. The van der Waals surface area contributed by atoms with E-state index in [4.69, 9.17) is 4.74 Å². The van der Waals surface area contributed by atoms with Crippen molar-refractivity contribution in [3.63, 3.8) is 0 Å². The van der Waals surface area contributed by atoms with Crippen molar-refractivity contribution in [3.05, 3.63) is 12.2 Å². The summed E-state index contributed by atoms with van der Waals surface area (Å²) in [6.45, 7) is 4.94. The van der Waals surface area contributed by atoms with Gasteiger partial charge < -0.3 is 20.3 Å². The molecule has 0 rings (SSSR count). The van der Waals surface area contributed by atoms with Crippen LogP contribution in [0.3, 0.4) is 0 Å². The Kier molecular flexibility index (Phi) is 64.9. The quantitative estimate of drug-likeness (QED) is 0.0320. The lowest BCUT2D eigenvalue weighted by Crippen LogP contribution is -2.45. The molecule has 2 atom stereocenters. The van der Waals surface area contributed by atoms with E-state index >= 15 is 0 Å². The molecule has 0 aliphatic heterocycles. The van der Waals surface area contributed by atoms with E-state index in [-0.39, 0.29) is 18.5 Å². The summed E-state index contributed by atoms with van der Waals surface area (Å²) in [7, 11) is 0. The number of ether oxygens (including phenoxy) is 1. The van der Waals surface area contributed by atoms with E-state index in [1.54, 1.807) is 6.08 Å². The van der Waals surface area contributed by atoms with Crippen LogP contribution in [0.1, 0.15) is 399 Å². The standard InChI is InChI=1S/C70H137NO5/c1-3-5-7-9-11-13-15-17-19-21-22-23-24-25-26-27-28-31-34-38-42-46-50-54-58-62-68(73)67(66-72)71-69(74)63-59-55-51-47-43-39-35-32-29-33-37-41-45-49-53-57-61-65-76-70(75)64-60-56-52-48-44-40-36-30-20-18-16-14-12-10-8-6-4-2/h58,62,67-68,72-73H,3-57,59-61,63-66H2,1-2H3,(H,71,74)/b62-58+. The van der Waals surface area contributed by atoms with Crippen molar-refractivity contribution >= 4 is 11.9 Å². The van der Waals surface area contributed by atoms with Gasteiger partial charge in [0.05, 0.1) is 25.4 Å². The van der Waals surface area contributed by atoms with Crippen molar-refractivity contribution < 1.29 is 24.5 Å². The highest BCUT2D eigenvalue weighted by Gasteiger charge is 2.18. The van der Waals surface area contributed by atoms with E-state index in [9.17, 15) is 19.8 Å². The number of carbonyl (C=O) groups excluding carboxylic acids is 2. The molecule has 0 bridgehead atoms. The maximum absolute atomic E-state index is 12.5. The number of amides is 1. The van der Waals surface area contributed by atoms with Gasteiger partial charge in [-0.05, 0) is 32.1 Å². The minimum atomic E-state index is -0.849. The van der Waals surface area contributed by atoms with Gasteiger partial charge in [-0.25, -0.2) is 0 Å². The van der Waals surface area contributed by atoms with Crippen LogP contribution in [0, 0.1) is 0 Å². The third-order valence-electron chi connectivity index (χ3n) is 16.6. The summed E-state index contributed by atoms with van der Waals surface area (Å²) >= 11 is 0. The van der Waals surface area contributed by atoms with Gasteiger partial charge in [-0.15, -0.1) is 0 Å². The average molecular weight is 1070 g/mol. The molecule has 3 N–H and O–H groups in total. The van der Waals surface area contributed by atoms with Crippen LogP contribution in [0.15, 0.2) is 12.2 Å². The SMILES string of the molecule is CCCCCCCCCCCCCCCCCCCCCCCCC/C=C/C(O)C(CO)NC(=O)CCCCCCCCCCCCCCCCCCCOC(=O)CCCCCCCCCCCCCCCCCCC. The van der Waals surface area contributed by atoms with Crippen LogP contribution in [0.5, 0.6) is 0 Å². The molecule has 0 aromatic carbocycles. The van der Waals surface area contributed by atoms with Crippen LogP contribution in [0.4, 0.5) is 0 Å².